The summed E-state index contributed by atoms with van der Waals surface area (Å²) in [5, 5.41) is 21.4. The number of anilines is 2. The van der Waals surface area contributed by atoms with Crippen molar-refractivity contribution >= 4 is 33.1 Å². The minimum atomic E-state index is -4.87. The molecule has 9 nitrogen and oxygen atoms in total. The molecule has 0 saturated heterocycles. The van der Waals surface area contributed by atoms with Crippen LogP contribution in [0.2, 0.25) is 0 Å². The standard InChI is InChI=1S/C29H17N3O6S.Na/c1-16-6-9-22(25(12-16)39(35,36)37)32-23-10-11-24(38-19-8-7-17(14-30)18(13-19)15-31)27-26(23)28(33)20-4-2-3-5-21(20)29(27)34;/h2-13,32H,1H3,(H,35,36,37);/q;+1/p-1. The number of hydrogen-bond donors (Lipinski definition) is 1. The first-order valence-corrected chi connectivity index (χ1v) is 12.8. The Morgan fingerprint density at radius 3 is 2.05 bits per heavy atom. The van der Waals surface area contributed by atoms with Gasteiger partial charge in [-0.1, -0.05) is 30.3 Å². The molecule has 0 saturated carbocycles. The minimum Gasteiger partial charge on any atom is -0.744 e. The number of hydrogen-bond acceptors (Lipinski definition) is 9. The SMILES string of the molecule is Cc1ccc(Nc2ccc(Oc3ccc(C#N)c(C#N)c3)c3c2C(=O)c2ccccc2C3=O)c(S(=O)(=O)[O-])c1.[Na+]. The molecule has 5 rings (SSSR count). The van der Waals surface area contributed by atoms with Crippen LogP contribution in [0.1, 0.15) is 48.5 Å². The van der Waals surface area contributed by atoms with Gasteiger partial charge in [0.05, 0.1) is 38.5 Å². The Bertz CT molecular complexity index is 1920. The molecule has 0 amide bonds. The van der Waals surface area contributed by atoms with Gasteiger partial charge in [0.25, 0.3) is 0 Å². The molecular formula is C29H16N3NaO6S. The topological polar surface area (TPSA) is 160 Å². The number of ether oxygens (including phenoxy) is 1. The zero-order chi connectivity index (χ0) is 27.9. The number of nitriles is 2. The van der Waals surface area contributed by atoms with Crippen LogP contribution in [0.15, 0.2) is 77.7 Å². The Kier molecular flexibility index (Phi) is 7.94. The molecule has 0 atom stereocenters. The molecule has 1 N–H and O–H groups in total. The van der Waals surface area contributed by atoms with Crippen molar-refractivity contribution in [1.29, 1.82) is 10.5 Å². The maximum absolute atomic E-state index is 13.7. The average Bonchev–Trinajstić information content (AvgIpc) is 2.92. The maximum atomic E-state index is 13.7. The summed E-state index contributed by atoms with van der Waals surface area (Å²) in [6.45, 7) is 1.63. The van der Waals surface area contributed by atoms with Gasteiger partial charge < -0.3 is 14.6 Å². The Morgan fingerprint density at radius 2 is 1.43 bits per heavy atom. The number of aryl methyl sites for hydroxylation is 1. The van der Waals surface area contributed by atoms with E-state index in [0.29, 0.717) is 5.56 Å². The zero-order valence-electron chi connectivity index (χ0n) is 21.2. The summed E-state index contributed by atoms with van der Waals surface area (Å²) >= 11 is 0. The summed E-state index contributed by atoms with van der Waals surface area (Å²) in [6.07, 6.45) is 0. The molecular weight excluding hydrogens is 541 g/mol. The van der Waals surface area contributed by atoms with Crippen molar-refractivity contribution in [2.75, 3.05) is 5.32 Å². The van der Waals surface area contributed by atoms with E-state index in [9.17, 15) is 33.1 Å². The summed E-state index contributed by atoms with van der Waals surface area (Å²) in [5.74, 6) is -0.846. The minimum absolute atomic E-state index is 0. The third-order valence-corrected chi connectivity index (χ3v) is 7.05. The van der Waals surface area contributed by atoms with Gasteiger partial charge in [-0.3, -0.25) is 9.59 Å². The first-order chi connectivity index (χ1) is 18.6. The average molecular weight is 558 g/mol. The molecule has 0 aromatic heterocycles. The van der Waals surface area contributed by atoms with E-state index in [0.717, 1.165) is 0 Å². The van der Waals surface area contributed by atoms with Gasteiger partial charge in [0, 0.05) is 11.1 Å². The first kappa shape index (κ1) is 28.7. The smallest absolute Gasteiger partial charge is 0.744 e. The third kappa shape index (κ3) is 5.15. The third-order valence-electron chi connectivity index (χ3n) is 6.17. The van der Waals surface area contributed by atoms with Crippen molar-refractivity contribution in [1.82, 2.24) is 0 Å². The number of fused-ring (bicyclic) bond motifs is 2. The largest absolute Gasteiger partial charge is 1.00 e. The van der Waals surface area contributed by atoms with Crippen molar-refractivity contribution in [3.63, 3.8) is 0 Å². The van der Waals surface area contributed by atoms with Crippen molar-refractivity contribution in [3.8, 4) is 23.6 Å². The number of carbonyl (C=O) groups is 2. The predicted octanol–water partition coefficient (Wildman–Crippen LogP) is 1.96. The van der Waals surface area contributed by atoms with Gasteiger partial charge in [0.1, 0.15) is 33.8 Å². The molecule has 4 aromatic carbocycles. The molecule has 40 heavy (non-hydrogen) atoms. The Morgan fingerprint density at radius 1 is 0.800 bits per heavy atom. The van der Waals surface area contributed by atoms with Gasteiger partial charge >= 0.3 is 29.6 Å². The molecule has 190 valence electrons. The maximum Gasteiger partial charge on any atom is 1.00 e. The zero-order valence-corrected chi connectivity index (χ0v) is 24.0. The summed E-state index contributed by atoms with van der Waals surface area (Å²) in [4.78, 5) is 26.8. The van der Waals surface area contributed by atoms with Gasteiger partial charge in [-0.2, -0.15) is 10.5 Å². The van der Waals surface area contributed by atoms with Crippen LogP contribution in [0.4, 0.5) is 11.4 Å². The molecule has 4 aromatic rings. The van der Waals surface area contributed by atoms with E-state index in [1.807, 2.05) is 12.1 Å². The normalized spacial score (nSPS) is 11.8. The van der Waals surface area contributed by atoms with Crippen LogP contribution in [-0.2, 0) is 10.1 Å². The van der Waals surface area contributed by atoms with Crippen molar-refractivity contribution in [2.45, 2.75) is 11.8 Å². The van der Waals surface area contributed by atoms with Gasteiger partial charge in [0.15, 0.2) is 11.6 Å². The van der Waals surface area contributed by atoms with Gasteiger partial charge in [-0.15, -0.1) is 0 Å². The van der Waals surface area contributed by atoms with E-state index in [4.69, 9.17) is 4.74 Å². The molecule has 0 fully saturated rings. The summed E-state index contributed by atoms with van der Waals surface area (Å²) < 4.78 is 41.8. The number of carbonyl (C=O) groups excluding carboxylic acids is 2. The van der Waals surface area contributed by atoms with Crippen LogP contribution in [0, 0.1) is 29.6 Å². The van der Waals surface area contributed by atoms with Crippen LogP contribution in [0.3, 0.4) is 0 Å². The van der Waals surface area contributed by atoms with Gasteiger partial charge in [-0.25, -0.2) is 8.42 Å². The number of rotatable bonds is 5. The van der Waals surface area contributed by atoms with Crippen molar-refractivity contribution < 1.29 is 56.9 Å². The predicted molar refractivity (Wildman–Crippen MR) is 138 cm³/mol. The fourth-order valence-electron chi connectivity index (χ4n) is 4.37. The van der Waals surface area contributed by atoms with E-state index in [-0.39, 0.29) is 85.8 Å². The van der Waals surface area contributed by atoms with E-state index < -0.39 is 26.6 Å². The Balaban J connectivity index is 0.00000370. The Hall–Kier alpha value is -4.29. The molecule has 0 aliphatic heterocycles. The van der Waals surface area contributed by atoms with Crippen LogP contribution < -0.4 is 39.6 Å². The molecule has 0 unspecified atom stereocenters. The van der Waals surface area contributed by atoms with Crippen LogP contribution >= 0.6 is 0 Å². The van der Waals surface area contributed by atoms with Crippen molar-refractivity contribution in [2.24, 2.45) is 0 Å². The second-order valence-electron chi connectivity index (χ2n) is 8.68. The van der Waals surface area contributed by atoms with E-state index in [2.05, 4.69) is 5.32 Å². The monoisotopic (exact) mass is 557 g/mol. The van der Waals surface area contributed by atoms with Crippen LogP contribution in [0.5, 0.6) is 11.5 Å². The van der Waals surface area contributed by atoms with E-state index >= 15 is 0 Å². The molecule has 0 bridgehead atoms. The Labute approximate surface area is 251 Å². The summed E-state index contributed by atoms with van der Waals surface area (Å²) in [6, 6.07) is 21.4. The first-order valence-electron chi connectivity index (χ1n) is 11.4. The molecule has 1 aliphatic rings. The molecule has 0 radical (unpaired) electrons. The van der Waals surface area contributed by atoms with Crippen LogP contribution in [0.25, 0.3) is 0 Å². The van der Waals surface area contributed by atoms with E-state index in [1.54, 1.807) is 25.1 Å². The van der Waals surface area contributed by atoms with E-state index in [1.165, 1.54) is 54.6 Å². The quantitative estimate of drug-likeness (QED) is 0.252. The number of ketones is 2. The van der Waals surface area contributed by atoms with Gasteiger partial charge in [0.2, 0.25) is 0 Å². The molecule has 1 aliphatic carbocycles. The fraction of sp³-hybridized carbons (Fsp3) is 0.0345. The van der Waals surface area contributed by atoms with Crippen LogP contribution in [-0.4, -0.2) is 24.5 Å². The molecule has 0 spiro atoms. The number of nitrogens with zero attached hydrogens (tertiary/aromatic N) is 2. The summed E-state index contributed by atoms with van der Waals surface area (Å²) in [7, 11) is -4.87. The molecule has 11 heteroatoms. The number of nitrogens with one attached hydrogen (secondary N) is 1. The van der Waals surface area contributed by atoms with Crippen molar-refractivity contribution in [3.05, 3.63) is 112 Å². The second kappa shape index (κ2) is 11.1. The van der Waals surface area contributed by atoms with Gasteiger partial charge in [-0.05, 0) is 55.0 Å². The second-order valence-corrected chi connectivity index (χ2v) is 10.0. The summed E-state index contributed by atoms with van der Waals surface area (Å²) in [5.41, 5.74) is 0.960. The number of benzene rings is 4. The fourth-order valence-corrected chi connectivity index (χ4v) is 5.09. The molecule has 0 heterocycles.